The van der Waals surface area contributed by atoms with Crippen molar-refractivity contribution in [3.8, 4) is 0 Å². The predicted octanol–water partition coefficient (Wildman–Crippen LogP) is 2.53. The van der Waals surface area contributed by atoms with E-state index in [2.05, 4.69) is 5.10 Å². The van der Waals surface area contributed by atoms with Crippen LogP contribution in [0.4, 0.5) is 0 Å². The summed E-state index contributed by atoms with van der Waals surface area (Å²) in [5.74, 6) is 1.42. The third-order valence-electron chi connectivity index (χ3n) is 2.41. The molecule has 0 N–H and O–H groups in total. The molecule has 2 heterocycles. The number of aryl methyl sites for hydroxylation is 3. The van der Waals surface area contributed by atoms with E-state index in [1.54, 1.807) is 23.9 Å². The van der Waals surface area contributed by atoms with Gasteiger partial charge in [-0.1, -0.05) is 0 Å². The fourth-order valence-corrected chi connectivity index (χ4v) is 1.63. The number of rotatable bonds is 3. The highest BCUT2D eigenvalue weighted by atomic mass is 16.3. The van der Waals surface area contributed by atoms with Crippen LogP contribution in [-0.4, -0.2) is 15.6 Å². The lowest BCUT2D eigenvalue weighted by molar-refractivity contribution is 0.103. The molecule has 2 aromatic rings. The normalized spacial score (nSPS) is 11.2. The summed E-state index contributed by atoms with van der Waals surface area (Å²) in [4.78, 5) is 11.9. The summed E-state index contributed by atoms with van der Waals surface area (Å²) in [5, 5.41) is 4.13. The molecule has 17 heavy (non-hydrogen) atoms. The van der Waals surface area contributed by atoms with Crippen molar-refractivity contribution < 1.29 is 9.21 Å². The zero-order chi connectivity index (χ0) is 12.4. The van der Waals surface area contributed by atoms with Gasteiger partial charge in [0.25, 0.3) is 0 Å². The summed E-state index contributed by atoms with van der Waals surface area (Å²) in [6.07, 6.45) is 3.16. The highest BCUT2D eigenvalue weighted by molar-refractivity contribution is 6.05. The molecule has 0 spiro atoms. The summed E-state index contributed by atoms with van der Waals surface area (Å²) >= 11 is 0. The molecule has 0 saturated heterocycles. The molecule has 0 amide bonds. The van der Waals surface area contributed by atoms with Crippen molar-refractivity contribution in [2.24, 2.45) is 7.05 Å². The van der Waals surface area contributed by atoms with Gasteiger partial charge in [0.15, 0.2) is 0 Å². The Balaban J connectivity index is 2.17. The first-order valence-electron chi connectivity index (χ1n) is 5.36. The first-order valence-corrected chi connectivity index (χ1v) is 5.36. The van der Waals surface area contributed by atoms with Gasteiger partial charge in [-0.15, -0.1) is 0 Å². The number of furan rings is 1. The van der Waals surface area contributed by atoms with Crippen molar-refractivity contribution in [1.82, 2.24) is 9.78 Å². The van der Waals surface area contributed by atoms with E-state index in [0.717, 1.165) is 11.5 Å². The van der Waals surface area contributed by atoms with E-state index in [1.807, 2.05) is 26.0 Å². The molecule has 4 nitrogen and oxygen atoms in total. The molecule has 88 valence electrons. The summed E-state index contributed by atoms with van der Waals surface area (Å²) in [7, 11) is 1.76. The minimum Gasteiger partial charge on any atom is -0.462 e. The van der Waals surface area contributed by atoms with Gasteiger partial charge in [0.2, 0.25) is 5.78 Å². The van der Waals surface area contributed by atoms with E-state index in [9.17, 15) is 4.79 Å². The number of ketones is 1. The smallest absolute Gasteiger partial charge is 0.203 e. The Morgan fingerprint density at radius 1 is 1.41 bits per heavy atom. The summed E-state index contributed by atoms with van der Waals surface area (Å²) in [5.41, 5.74) is 1.40. The molecule has 4 heteroatoms. The van der Waals surface area contributed by atoms with Gasteiger partial charge in [-0.25, -0.2) is 0 Å². The van der Waals surface area contributed by atoms with Gasteiger partial charge in [0.1, 0.15) is 17.2 Å². The molecular formula is C13H14N2O2. The van der Waals surface area contributed by atoms with E-state index in [-0.39, 0.29) is 5.78 Å². The standard InChI is InChI=1S/C13H14N2O2/c1-9-8-12(15(3)14-9)13(16)7-6-11-5-4-10(2)17-11/h4-8H,1-3H3/b7-6+. The summed E-state index contributed by atoms with van der Waals surface area (Å²) in [6.45, 7) is 3.72. The summed E-state index contributed by atoms with van der Waals surface area (Å²) in [6, 6.07) is 5.45. The highest BCUT2D eigenvalue weighted by Gasteiger charge is 2.08. The lowest BCUT2D eigenvalue weighted by Gasteiger charge is -1.94. The van der Waals surface area contributed by atoms with Gasteiger partial charge in [-0.3, -0.25) is 9.48 Å². The molecule has 0 unspecified atom stereocenters. The van der Waals surface area contributed by atoms with Crippen molar-refractivity contribution in [1.29, 1.82) is 0 Å². The van der Waals surface area contributed by atoms with Crippen molar-refractivity contribution in [2.75, 3.05) is 0 Å². The van der Waals surface area contributed by atoms with Crippen molar-refractivity contribution >= 4 is 11.9 Å². The minimum atomic E-state index is -0.0813. The predicted molar refractivity (Wildman–Crippen MR) is 64.8 cm³/mol. The van der Waals surface area contributed by atoms with Gasteiger partial charge in [0.05, 0.1) is 5.69 Å². The van der Waals surface area contributed by atoms with E-state index in [0.29, 0.717) is 11.5 Å². The van der Waals surface area contributed by atoms with E-state index < -0.39 is 0 Å². The molecule has 0 aliphatic rings. The molecule has 0 bridgehead atoms. The van der Waals surface area contributed by atoms with Crippen LogP contribution in [0.15, 0.2) is 28.7 Å². The first kappa shape index (κ1) is 11.4. The molecule has 0 aromatic carbocycles. The van der Waals surface area contributed by atoms with Gasteiger partial charge < -0.3 is 4.42 Å². The molecule has 2 rings (SSSR count). The Hall–Kier alpha value is -2.10. The number of nitrogens with zero attached hydrogens (tertiary/aromatic N) is 2. The van der Waals surface area contributed by atoms with Crippen LogP contribution in [0.3, 0.4) is 0 Å². The van der Waals surface area contributed by atoms with Crippen LogP contribution >= 0.6 is 0 Å². The molecule has 0 radical (unpaired) electrons. The molecule has 0 atom stereocenters. The largest absolute Gasteiger partial charge is 0.462 e. The lowest BCUT2D eigenvalue weighted by atomic mass is 10.2. The lowest BCUT2D eigenvalue weighted by Crippen LogP contribution is -2.03. The second-order valence-corrected chi connectivity index (χ2v) is 3.94. The average molecular weight is 230 g/mol. The van der Waals surface area contributed by atoms with Crippen molar-refractivity contribution in [3.05, 3.63) is 47.2 Å². The van der Waals surface area contributed by atoms with E-state index in [1.165, 1.54) is 6.08 Å². The van der Waals surface area contributed by atoms with Crippen molar-refractivity contribution in [2.45, 2.75) is 13.8 Å². The zero-order valence-corrected chi connectivity index (χ0v) is 10.1. The molecule has 0 saturated carbocycles. The SMILES string of the molecule is Cc1cc(C(=O)/C=C/c2ccc(C)o2)n(C)n1. The number of carbonyl (C=O) groups is 1. The fraction of sp³-hybridized carbons (Fsp3) is 0.231. The van der Waals surface area contributed by atoms with Gasteiger partial charge >= 0.3 is 0 Å². The monoisotopic (exact) mass is 230 g/mol. The zero-order valence-electron chi connectivity index (χ0n) is 10.1. The number of hydrogen-bond donors (Lipinski definition) is 0. The van der Waals surface area contributed by atoms with Crippen LogP contribution in [0.1, 0.15) is 27.7 Å². The van der Waals surface area contributed by atoms with Gasteiger partial charge in [0, 0.05) is 7.05 Å². The molecular weight excluding hydrogens is 216 g/mol. The van der Waals surface area contributed by atoms with E-state index >= 15 is 0 Å². The maximum atomic E-state index is 11.9. The third-order valence-corrected chi connectivity index (χ3v) is 2.41. The highest BCUT2D eigenvalue weighted by Crippen LogP contribution is 2.10. The maximum absolute atomic E-state index is 11.9. The Kier molecular flexibility index (Phi) is 2.95. The Morgan fingerprint density at radius 3 is 2.71 bits per heavy atom. The Labute approximate surface area is 99.6 Å². The van der Waals surface area contributed by atoms with Crippen LogP contribution in [-0.2, 0) is 7.05 Å². The Morgan fingerprint density at radius 2 is 2.18 bits per heavy atom. The molecule has 0 aliphatic carbocycles. The van der Waals surface area contributed by atoms with Crippen LogP contribution in [0.25, 0.3) is 6.08 Å². The molecule has 0 aliphatic heterocycles. The molecule has 0 fully saturated rings. The first-order chi connectivity index (χ1) is 8.06. The third kappa shape index (κ3) is 2.53. The average Bonchev–Trinajstić information content (AvgIpc) is 2.81. The topological polar surface area (TPSA) is 48.0 Å². The Bertz CT molecular complexity index is 576. The van der Waals surface area contributed by atoms with Crippen LogP contribution in [0.5, 0.6) is 0 Å². The van der Waals surface area contributed by atoms with Crippen LogP contribution < -0.4 is 0 Å². The quantitative estimate of drug-likeness (QED) is 0.601. The van der Waals surface area contributed by atoms with Gasteiger partial charge in [-0.2, -0.15) is 5.10 Å². The molecule has 2 aromatic heterocycles. The second kappa shape index (κ2) is 4.41. The number of allylic oxidation sites excluding steroid dienone is 1. The minimum absolute atomic E-state index is 0.0813. The van der Waals surface area contributed by atoms with Gasteiger partial charge in [-0.05, 0) is 44.2 Å². The van der Waals surface area contributed by atoms with E-state index in [4.69, 9.17) is 4.42 Å². The van der Waals surface area contributed by atoms with Crippen LogP contribution in [0.2, 0.25) is 0 Å². The number of carbonyl (C=O) groups excluding carboxylic acids is 1. The second-order valence-electron chi connectivity index (χ2n) is 3.94. The maximum Gasteiger partial charge on any atom is 0.203 e. The van der Waals surface area contributed by atoms with Crippen molar-refractivity contribution in [3.63, 3.8) is 0 Å². The summed E-state index contributed by atoms with van der Waals surface area (Å²) < 4.78 is 6.92. The fourth-order valence-electron chi connectivity index (χ4n) is 1.63. The number of hydrogen-bond acceptors (Lipinski definition) is 3. The van der Waals surface area contributed by atoms with Crippen LogP contribution in [0, 0.1) is 13.8 Å². The number of aromatic nitrogens is 2.